The van der Waals surface area contributed by atoms with Gasteiger partial charge in [-0.1, -0.05) is 11.8 Å². The molecule has 0 aliphatic heterocycles. The first-order chi connectivity index (χ1) is 11.7. The summed E-state index contributed by atoms with van der Waals surface area (Å²) in [5.74, 6) is 1.94. The number of nitrogens with zero attached hydrogens (tertiary/aromatic N) is 5. The molecule has 0 saturated carbocycles. The molecule has 3 aromatic heterocycles. The second kappa shape index (κ2) is 7.30. The Hall–Kier alpha value is -2.62. The van der Waals surface area contributed by atoms with Gasteiger partial charge < -0.3 is 18.1 Å². The van der Waals surface area contributed by atoms with Crippen molar-refractivity contribution in [2.75, 3.05) is 6.61 Å². The van der Waals surface area contributed by atoms with Crippen molar-refractivity contribution in [3.05, 3.63) is 30.1 Å². The minimum Gasteiger partial charge on any atom is -0.466 e. The van der Waals surface area contributed by atoms with E-state index in [0.29, 0.717) is 40.9 Å². The Balaban J connectivity index is 1.61. The third kappa shape index (κ3) is 3.65. The molecule has 0 amide bonds. The van der Waals surface area contributed by atoms with Crippen LogP contribution in [0.15, 0.2) is 32.4 Å². The SMILES string of the molecule is CCOC(=O)Cc1nnc(SCc2nnc(-c3ccco3)o2)n1C. The molecule has 126 valence electrons. The minimum absolute atomic E-state index is 0.0844. The van der Waals surface area contributed by atoms with Gasteiger partial charge >= 0.3 is 5.97 Å². The smallest absolute Gasteiger partial charge is 0.313 e. The number of aromatic nitrogens is 5. The highest BCUT2D eigenvalue weighted by atomic mass is 32.2. The van der Waals surface area contributed by atoms with Crippen LogP contribution < -0.4 is 0 Å². The molecule has 0 aliphatic rings. The summed E-state index contributed by atoms with van der Waals surface area (Å²) in [6.07, 6.45) is 1.62. The summed E-state index contributed by atoms with van der Waals surface area (Å²) in [4.78, 5) is 11.5. The normalized spacial score (nSPS) is 10.9. The fraction of sp³-hybridized carbons (Fsp3) is 0.357. The highest BCUT2D eigenvalue weighted by molar-refractivity contribution is 7.98. The summed E-state index contributed by atoms with van der Waals surface area (Å²) in [6.45, 7) is 2.10. The van der Waals surface area contributed by atoms with Crippen molar-refractivity contribution in [2.45, 2.75) is 24.3 Å². The fourth-order valence-corrected chi connectivity index (χ4v) is 2.67. The van der Waals surface area contributed by atoms with E-state index in [0.717, 1.165) is 0 Å². The number of furan rings is 1. The molecule has 10 heteroatoms. The minimum atomic E-state index is -0.329. The lowest BCUT2D eigenvalue weighted by Crippen LogP contribution is -2.11. The number of esters is 1. The second-order valence-electron chi connectivity index (χ2n) is 4.71. The highest BCUT2D eigenvalue weighted by Crippen LogP contribution is 2.23. The van der Waals surface area contributed by atoms with Gasteiger partial charge in [-0.3, -0.25) is 4.79 Å². The average Bonchev–Trinajstić information content (AvgIpc) is 3.28. The fourth-order valence-electron chi connectivity index (χ4n) is 1.90. The first-order valence-corrected chi connectivity index (χ1v) is 8.19. The van der Waals surface area contributed by atoms with Crippen molar-refractivity contribution in [3.8, 4) is 11.7 Å². The quantitative estimate of drug-likeness (QED) is 0.466. The maximum Gasteiger partial charge on any atom is 0.313 e. The molecule has 0 atom stereocenters. The van der Waals surface area contributed by atoms with Gasteiger partial charge in [0.25, 0.3) is 5.89 Å². The average molecular weight is 349 g/mol. The third-order valence-corrected chi connectivity index (χ3v) is 4.06. The van der Waals surface area contributed by atoms with Gasteiger partial charge in [-0.25, -0.2) is 0 Å². The maximum absolute atomic E-state index is 11.5. The summed E-state index contributed by atoms with van der Waals surface area (Å²) in [5, 5.41) is 16.6. The molecule has 0 aliphatic carbocycles. The molecule has 3 heterocycles. The van der Waals surface area contributed by atoms with Crippen LogP contribution in [0, 0.1) is 0 Å². The van der Waals surface area contributed by atoms with E-state index in [1.165, 1.54) is 11.8 Å². The summed E-state index contributed by atoms with van der Waals surface area (Å²) < 4.78 is 17.4. The van der Waals surface area contributed by atoms with Gasteiger partial charge in [0.2, 0.25) is 5.89 Å². The molecule has 0 aromatic carbocycles. The summed E-state index contributed by atoms with van der Waals surface area (Å²) in [6, 6.07) is 3.49. The van der Waals surface area contributed by atoms with Crippen LogP contribution in [0.3, 0.4) is 0 Å². The van der Waals surface area contributed by atoms with Crippen LogP contribution in [0.1, 0.15) is 18.6 Å². The van der Waals surface area contributed by atoms with Crippen molar-refractivity contribution in [3.63, 3.8) is 0 Å². The topological polar surface area (TPSA) is 109 Å². The molecule has 24 heavy (non-hydrogen) atoms. The van der Waals surface area contributed by atoms with Gasteiger partial charge in [0.15, 0.2) is 10.9 Å². The molecule has 0 fully saturated rings. The Bertz CT molecular complexity index is 811. The summed E-state index contributed by atoms with van der Waals surface area (Å²) >= 11 is 1.38. The van der Waals surface area contributed by atoms with Crippen LogP contribution in [0.25, 0.3) is 11.7 Å². The Morgan fingerprint density at radius 2 is 2.21 bits per heavy atom. The number of hydrogen-bond acceptors (Lipinski definition) is 9. The Labute approximate surface area is 141 Å². The standard InChI is InChI=1S/C14H15N5O4S/c1-3-21-12(20)7-10-15-18-14(19(10)2)24-8-11-16-17-13(23-11)9-5-4-6-22-9/h4-6H,3,7-8H2,1-2H3. The Morgan fingerprint density at radius 3 is 2.96 bits per heavy atom. The summed E-state index contributed by atoms with van der Waals surface area (Å²) in [7, 11) is 1.79. The van der Waals surface area contributed by atoms with E-state index in [2.05, 4.69) is 20.4 Å². The number of thioether (sulfide) groups is 1. The largest absolute Gasteiger partial charge is 0.466 e. The number of rotatable bonds is 7. The van der Waals surface area contributed by atoms with E-state index in [4.69, 9.17) is 13.6 Å². The molecule has 0 saturated heterocycles. The van der Waals surface area contributed by atoms with Crippen molar-refractivity contribution < 1.29 is 18.4 Å². The predicted octanol–water partition coefficient (Wildman–Crippen LogP) is 1.86. The lowest BCUT2D eigenvalue weighted by molar-refractivity contribution is -0.142. The first-order valence-electron chi connectivity index (χ1n) is 7.20. The van der Waals surface area contributed by atoms with Gasteiger partial charge in [-0.2, -0.15) is 0 Å². The molecule has 3 rings (SSSR count). The van der Waals surface area contributed by atoms with Gasteiger partial charge in [0.1, 0.15) is 12.2 Å². The van der Waals surface area contributed by atoms with Gasteiger partial charge in [-0.15, -0.1) is 20.4 Å². The molecular weight excluding hydrogens is 334 g/mol. The van der Waals surface area contributed by atoms with Crippen LogP contribution >= 0.6 is 11.8 Å². The van der Waals surface area contributed by atoms with Crippen LogP contribution in [-0.4, -0.2) is 37.5 Å². The van der Waals surface area contributed by atoms with Gasteiger partial charge in [0, 0.05) is 7.05 Å². The zero-order valence-electron chi connectivity index (χ0n) is 13.1. The van der Waals surface area contributed by atoms with E-state index >= 15 is 0 Å². The molecule has 3 aromatic rings. The first kappa shape index (κ1) is 16.2. The number of carbonyl (C=O) groups excluding carboxylic acids is 1. The van der Waals surface area contributed by atoms with Crippen LogP contribution in [-0.2, 0) is 28.8 Å². The second-order valence-corrected chi connectivity index (χ2v) is 5.65. The van der Waals surface area contributed by atoms with Crippen molar-refractivity contribution in [1.29, 1.82) is 0 Å². The third-order valence-electron chi connectivity index (χ3n) is 3.06. The zero-order chi connectivity index (χ0) is 16.9. The van der Waals surface area contributed by atoms with E-state index in [1.807, 2.05) is 0 Å². The van der Waals surface area contributed by atoms with E-state index in [9.17, 15) is 4.79 Å². The predicted molar refractivity (Wildman–Crippen MR) is 82.9 cm³/mol. The molecule has 9 nitrogen and oxygen atoms in total. The van der Waals surface area contributed by atoms with Crippen LogP contribution in [0.5, 0.6) is 0 Å². The molecule has 0 unspecified atom stereocenters. The molecule has 0 spiro atoms. The van der Waals surface area contributed by atoms with E-state index in [1.54, 1.807) is 36.9 Å². The lowest BCUT2D eigenvalue weighted by Gasteiger charge is -2.02. The van der Waals surface area contributed by atoms with Crippen molar-refractivity contribution in [1.82, 2.24) is 25.0 Å². The molecule has 0 radical (unpaired) electrons. The molecular formula is C14H15N5O4S. The van der Waals surface area contributed by atoms with E-state index in [-0.39, 0.29) is 12.4 Å². The number of ether oxygens (including phenoxy) is 1. The van der Waals surface area contributed by atoms with E-state index < -0.39 is 0 Å². The van der Waals surface area contributed by atoms with Gasteiger partial charge in [0.05, 0.1) is 18.6 Å². The lowest BCUT2D eigenvalue weighted by atomic mass is 10.4. The Morgan fingerprint density at radius 1 is 1.33 bits per heavy atom. The number of hydrogen-bond donors (Lipinski definition) is 0. The van der Waals surface area contributed by atoms with Gasteiger partial charge in [-0.05, 0) is 19.1 Å². The van der Waals surface area contributed by atoms with Crippen molar-refractivity contribution in [2.24, 2.45) is 7.05 Å². The maximum atomic E-state index is 11.5. The molecule has 0 bridgehead atoms. The van der Waals surface area contributed by atoms with Crippen molar-refractivity contribution >= 4 is 17.7 Å². The monoisotopic (exact) mass is 349 g/mol. The Kier molecular flexibility index (Phi) is 4.94. The number of carbonyl (C=O) groups is 1. The van der Waals surface area contributed by atoms with Crippen LogP contribution in [0.2, 0.25) is 0 Å². The highest BCUT2D eigenvalue weighted by Gasteiger charge is 2.16. The molecule has 0 N–H and O–H groups in total. The zero-order valence-corrected chi connectivity index (χ0v) is 13.9. The summed E-state index contributed by atoms with van der Waals surface area (Å²) in [5.41, 5.74) is 0. The van der Waals surface area contributed by atoms with Crippen LogP contribution in [0.4, 0.5) is 0 Å².